The van der Waals surface area contributed by atoms with E-state index < -0.39 is 6.17 Å². The number of piperidine rings is 1. The fourth-order valence-corrected chi connectivity index (χ4v) is 5.17. The van der Waals surface area contributed by atoms with Crippen LogP contribution in [-0.4, -0.2) is 68.2 Å². The number of nitrogens with one attached hydrogen (secondary N) is 3. The van der Waals surface area contributed by atoms with Crippen LogP contribution in [0.4, 0.5) is 0 Å². The van der Waals surface area contributed by atoms with E-state index in [-0.39, 0.29) is 0 Å². The van der Waals surface area contributed by atoms with E-state index in [0.717, 1.165) is 43.2 Å². The summed E-state index contributed by atoms with van der Waals surface area (Å²) in [7, 11) is 1.78. The number of carbonyl (C=O) groups excluding carboxylic acids is 1. The maximum atomic E-state index is 12.1. The normalized spacial score (nSPS) is 21.7. The number of rotatable bonds is 11. The van der Waals surface area contributed by atoms with Gasteiger partial charge in [0.05, 0.1) is 12.3 Å². The number of unbranched alkanes of at least 4 members (excludes halogenated alkanes) is 1. The molecule has 0 radical (unpaired) electrons. The summed E-state index contributed by atoms with van der Waals surface area (Å²) in [6, 6.07) is 8.89. The Morgan fingerprint density at radius 1 is 1.20 bits per heavy atom. The summed E-state index contributed by atoms with van der Waals surface area (Å²) in [5.74, 6) is 2.17. The molecule has 1 atom stereocenters. The minimum absolute atomic E-state index is 0.347. The van der Waals surface area contributed by atoms with Gasteiger partial charge in [-0.05, 0) is 55.3 Å². The van der Waals surface area contributed by atoms with Crippen molar-refractivity contribution in [3.8, 4) is 0 Å². The van der Waals surface area contributed by atoms with Gasteiger partial charge in [0.25, 0.3) is 6.02 Å². The van der Waals surface area contributed by atoms with E-state index in [9.17, 15) is 4.79 Å². The van der Waals surface area contributed by atoms with E-state index in [0.29, 0.717) is 30.7 Å². The quantitative estimate of drug-likeness (QED) is 0.279. The molecule has 0 saturated carbocycles. The van der Waals surface area contributed by atoms with Crippen molar-refractivity contribution in [1.82, 2.24) is 25.8 Å². The third-order valence-electron chi connectivity index (χ3n) is 7.32. The molecular weight excluding hydrogens is 442 g/mol. The van der Waals surface area contributed by atoms with E-state index in [4.69, 9.17) is 10.5 Å². The summed E-state index contributed by atoms with van der Waals surface area (Å²) in [5.41, 5.74) is 9.20. The number of amides is 1. The van der Waals surface area contributed by atoms with Crippen LogP contribution in [0.25, 0.3) is 0 Å². The number of hydrogen-bond donors (Lipinski definition) is 4. The minimum Gasteiger partial charge on any atom is -0.465 e. The number of aliphatic imine (C=N–C) groups is 1. The maximum absolute atomic E-state index is 12.1. The molecule has 35 heavy (non-hydrogen) atoms. The number of nitrogens with two attached hydrogens (primary N) is 1. The van der Waals surface area contributed by atoms with Gasteiger partial charge < -0.3 is 26.0 Å². The van der Waals surface area contributed by atoms with Crippen molar-refractivity contribution < 1.29 is 9.53 Å². The molecular formula is C26H41N7O2. The van der Waals surface area contributed by atoms with Crippen LogP contribution >= 0.6 is 0 Å². The average molecular weight is 484 g/mol. The molecule has 1 aromatic rings. The second-order valence-electron chi connectivity index (χ2n) is 9.85. The Kier molecular flexibility index (Phi) is 8.87. The fraction of sp³-hybridized carbons (Fsp3) is 0.615. The SMILES string of the molecule is CCCCOC1=NC(N(C=O)Cc2ccc(CN3CC(C4CCNCC4)C3)cc2)C(NC)=C(N)N1. The van der Waals surface area contributed by atoms with Gasteiger partial charge in [-0.1, -0.05) is 37.6 Å². The van der Waals surface area contributed by atoms with Gasteiger partial charge in [-0.3, -0.25) is 15.0 Å². The predicted molar refractivity (Wildman–Crippen MR) is 138 cm³/mol. The Hall–Kier alpha value is -2.78. The molecule has 3 heterocycles. The number of ether oxygens (including phenoxy) is 1. The number of amidine groups is 1. The summed E-state index contributed by atoms with van der Waals surface area (Å²) in [6.07, 6.45) is 4.85. The minimum atomic E-state index is -0.567. The summed E-state index contributed by atoms with van der Waals surface area (Å²) < 4.78 is 5.72. The molecule has 192 valence electrons. The van der Waals surface area contributed by atoms with Gasteiger partial charge in [0.15, 0.2) is 6.17 Å². The molecule has 1 unspecified atom stereocenters. The van der Waals surface area contributed by atoms with Crippen molar-refractivity contribution in [3.63, 3.8) is 0 Å². The maximum Gasteiger partial charge on any atom is 0.292 e. The number of hydrogen-bond acceptors (Lipinski definition) is 8. The van der Waals surface area contributed by atoms with Crippen molar-refractivity contribution in [2.45, 2.75) is 51.9 Å². The molecule has 0 bridgehead atoms. The Morgan fingerprint density at radius 3 is 2.57 bits per heavy atom. The zero-order chi connectivity index (χ0) is 24.6. The molecule has 9 nitrogen and oxygen atoms in total. The summed E-state index contributed by atoms with van der Waals surface area (Å²) in [5, 5.41) is 9.53. The van der Waals surface area contributed by atoms with E-state index in [2.05, 4.69) is 57.0 Å². The summed E-state index contributed by atoms with van der Waals surface area (Å²) >= 11 is 0. The largest absolute Gasteiger partial charge is 0.465 e. The molecule has 2 saturated heterocycles. The van der Waals surface area contributed by atoms with Crippen LogP contribution in [0.1, 0.15) is 43.7 Å². The topological polar surface area (TPSA) is 107 Å². The number of benzene rings is 1. The third-order valence-corrected chi connectivity index (χ3v) is 7.32. The second-order valence-corrected chi connectivity index (χ2v) is 9.85. The van der Waals surface area contributed by atoms with Crippen molar-refractivity contribution in [3.05, 3.63) is 46.9 Å². The molecule has 3 aliphatic heterocycles. The lowest BCUT2D eigenvalue weighted by molar-refractivity contribution is -0.120. The monoisotopic (exact) mass is 483 g/mol. The Balaban J connectivity index is 1.33. The highest BCUT2D eigenvalue weighted by molar-refractivity contribution is 5.77. The van der Waals surface area contributed by atoms with Crippen LogP contribution in [0.3, 0.4) is 0 Å². The van der Waals surface area contributed by atoms with E-state index in [1.54, 1.807) is 11.9 Å². The van der Waals surface area contributed by atoms with E-state index in [1.165, 1.54) is 44.6 Å². The highest BCUT2D eigenvalue weighted by atomic mass is 16.5. The summed E-state index contributed by atoms with van der Waals surface area (Å²) in [6.45, 7) is 8.84. The standard InChI is InChI=1S/C26H41N7O2/c1-3-4-13-35-26-30-24(27)23(28-2)25(31-26)33(18-34)15-20-7-5-19(6-8-20)14-32-16-22(17-32)21-9-11-29-12-10-21/h5-8,18,21-22,25,28-29H,3-4,9-17,27H2,1-2H3,(H,30,31). The number of carbonyl (C=O) groups is 1. The van der Waals surface area contributed by atoms with Gasteiger partial charge in [-0.15, -0.1) is 0 Å². The summed E-state index contributed by atoms with van der Waals surface area (Å²) in [4.78, 5) is 20.8. The van der Waals surface area contributed by atoms with Crippen LogP contribution in [0.15, 0.2) is 40.8 Å². The van der Waals surface area contributed by atoms with Crippen LogP contribution in [0.2, 0.25) is 0 Å². The first kappa shape index (κ1) is 25.3. The van der Waals surface area contributed by atoms with Gasteiger partial charge in [-0.2, -0.15) is 0 Å². The molecule has 5 N–H and O–H groups in total. The predicted octanol–water partition coefficient (Wildman–Crippen LogP) is 1.53. The van der Waals surface area contributed by atoms with Crippen molar-refractivity contribution in [1.29, 1.82) is 0 Å². The molecule has 3 aliphatic rings. The lowest BCUT2D eigenvalue weighted by atomic mass is 9.80. The first-order valence-electron chi connectivity index (χ1n) is 13.0. The van der Waals surface area contributed by atoms with E-state index in [1.807, 2.05) is 0 Å². The van der Waals surface area contributed by atoms with Crippen LogP contribution in [0.5, 0.6) is 0 Å². The molecule has 0 spiro atoms. The number of likely N-dealkylation sites (tertiary alicyclic amines) is 1. The first-order valence-corrected chi connectivity index (χ1v) is 13.0. The first-order chi connectivity index (χ1) is 17.1. The van der Waals surface area contributed by atoms with Crippen molar-refractivity contribution in [2.24, 2.45) is 22.6 Å². The number of nitrogens with zero attached hydrogens (tertiary/aromatic N) is 3. The highest BCUT2D eigenvalue weighted by Gasteiger charge is 2.33. The lowest BCUT2D eigenvalue weighted by Gasteiger charge is -2.45. The third kappa shape index (κ3) is 6.46. The van der Waals surface area contributed by atoms with Crippen molar-refractivity contribution in [2.75, 3.05) is 39.8 Å². The molecule has 2 fully saturated rings. The van der Waals surface area contributed by atoms with Crippen LogP contribution in [-0.2, 0) is 22.6 Å². The smallest absolute Gasteiger partial charge is 0.292 e. The Morgan fingerprint density at radius 2 is 1.91 bits per heavy atom. The highest BCUT2D eigenvalue weighted by Crippen LogP contribution is 2.31. The van der Waals surface area contributed by atoms with Gasteiger partial charge in [0, 0.05) is 33.2 Å². The zero-order valence-corrected chi connectivity index (χ0v) is 21.1. The van der Waals surface area contributed by atoms with Crippen LogP contribution < -0.4 is 21.7 Å². The molecule has 1 aromatic carbocycles. The number of likely N-dealkylation sites (N-methyl/N-ethyl adjacent to an activating group) is 1. The van der Waals surface area contributed by atoms with Crippen molar-refractivity contribution >= 4 is 12.4 Å². The van der Waals surface area contributed by atoms with Gasteiger partial charge >= 0.3 is 0 Å². The Labute approximate surface area is 209 Å². The molecule has 1 amide bonds. The van der Waals surface area contributed by atoms with Gasteiger partial charge in [-0.25, -0.2) is 4.99 Å². The molecule has 0 aliphatic carbocycles. The molecule has 9 heteroatoms. The van der Waals surface area contributed by atoms with E-state index >= 15 is 0 Å². The second kappa shape index (κ2) is 12.3. The van der Waals surface area contributed by atoms with Gasteiger partial charge in [0.1, 0.15) is 5.82 Å². The van der Waals surface area contributed by atoms with Gasteiger partial charge in [0.2, 0.25) is 6.41 Å². The molecule has 0 aromatic heterocycles. The molecule has 4 rings (SSSR count). The zero-order valence-electron chi connectivity index (χ0n) is 21.1. The average Bonchev–Trinajstić information content (AvgIpc) is 2.85. The fourth-order valence-electron chi connectivity index (χ4n) is 5.17. The van der Waals surface area contributed by atoms with Crippen LogP contribution in [0, 0.1) is 11.8 Å². The lowest BCUT2D eigenvalue weighted by Crippen LogP contribution is -2.51. The Bertz CT molecular complexity index is 889.